The summed E-state index contributed by atoms with van der Waals surface area (Å²) >= 11 is 4.97. The molecule has 2 aromatic rings. The van der Waals surface area contributed by atoms with E-state index in [1.54, 1.807) is 13.0 Å². The minimum atomic E-state index is -0.557. The molecule has 0 aliphatic rings. The van der Waals surface area contributed by atoms with Gasteiger partial charge in [0.1, 0.15) is 0 Å². The van der Waals surface area contributed by atoms with E-state index in [2.05, 4.69) is 20.6 Å². The fourth-order valence-electron chi connectivity index (χ4n) is 1.67. The molecule has 0 spiro atoms. The second-order valence-corrected chi connectivity index (χ2v) is 4.70. The summed E-state index contributed by atoms with van der Waals surface area (Å²) in [6, 6.07) is 5.73. The Morgan fingerprint density at radius 1 is 1.27 bits per heavy atom. The first-order valence-electron chi connectivity index (χ1n) is 6.11. The zero-order chi connectivity index (χ0) is 16.1. The Morgan fingerprint density at radius 2 is 1.95 bits per heavy atom. The molecule has 8 nitrogen and oxygen atoms in total. The maximum atomic E-state index is 12.1. The van der Waals surface area contributed by atoms with Crippen LogP contribution in [0.4, 0.5) is 11.6 Å². The van der Waals surface area contributed by atoms with E-state index in [0.29, 0.717) is 5.56 Å². The van der Waals surface area contributed by atoms with Gasteiger partial charge in [0.2, 0.25) is 5.95 Å². The van der Waals surface area contributed by atoms with E-state index in [4.69, 9.17) is 12.2 Å². The Balaban J connectivity index is 2.09. The van der Waals surface area contributed by atoms with Crippen molar-refractivity contribution in [3.8, 4) is 0 Å². The molecule has 0 fully saturated rings. The van der Waals surface area contributed by atoms with Crippen molar-refractivity contribution in [2.75, 3.05) is 5.32 Å². The first-order valence-corrected chi connectivity index (χ1v) is 6.52. The van der Waals surface area contributed by atoms with Crippen molar-refractivity contribution in [1.29, 1.82) is 0 Å². The summed E-state index contributed by atoms with van der Waals surface area (Å²) in [6.07, 6.45) is 3.04. The SMILES string of the molecule is Cc1cc(C(=O)NC(=S)Nc2ncccn2)cc([N+](=O)[O-])c1. The summed E-state index contributed by atoms with van der Waals surface area (Å²) in [5.41, 5.74) is 0.588. The smallest absolute Gasteiger partial charge is 0.270 e. The van der Waals surface area contributed by atoms with E-state index in [9.17, 15) is 14.9 Å². The molecule has 0 atom stereocenters. The van der Waals surface area contributed by atoms with Crippen LogP contribution in [0.2, 0.25) is 0 Å². The van der Waals surface area contributed by atoms with Gasteiger partial charge in [0.05, 0.1) is 4.92 Å². The van der Waals surface area contributed by atoms with Crippen molar-refractivity contribution in [1.82, 2.24) is 15.3 Å². The third-order valence-electron chi connectivity index (χ3n) is 2.55. The molecule has 0 saturated carbocycles. The number of carbonyl (C=O) groups excluding carboxylic acids is 1. The highest BCUT2D eigenvalue weighted by Crippen LogP contribution is 2.16. The number of anilines is 1. The molecule has 0 aliphatic heterocycles. The summed E-state index contributed by atoms with van der Waals surface area (Å²) in [5, 5.41) is 15.9. The zero-order valence-electron chi connectivity index (χ0n) is 11.4. The maximum absolute atomic E-state index is 12.1. The van der Waals surface area contributed by atoms with Crippen LogP contribution in [-0.4, -0.2) is 25.9 Å². The van der Waals surface area contributed by atoms with Crippen LogP contribution in [0.5, 0.6) is 0 Å². The molecule has 0 saturated heterocycles. The Kier molecular flexibility index (Phi) is 4.69. The highest BCUT2D eigenvalue weighted by atomic mass is 32.1. The summed E-state index contributed by atoms with van der Waals surface area (Å²) in [7, 11) is 0. The zero-order valence-corrected chi connectivity index (χ0v) is 12.3. The standard InChI is InChI=1S/C13H11N5O3S/c1-8-5-9(7-10(6-8)18(20)21)11(19)16-13(22)17-12-14-3-2-4-15-12/h2-7H,1H3,(H2,14,15,16,17,19,22). The molecule has 112 valence electrons. The van der Waals surface area contributed by atoms with Gasteiger partial charge in [-0.1, -0.05) is 0 Å². The number of hydrogen-bond acceptors (Lipinski definition) is 6. The Labute approximate surface area is 130 Å². The molecule has 0 unspecified atom stereocenters. The lowest BCUT2D eigenvalue weighted by atomic mass is 10.1. The van der Waals surface area contributed by atoms with Crippen LogP contribution in [0.1, 0.15) is 15.9 Å². The van der Waals surface area contributed by atoms with Gasteiger partial charge < -0.3 is 5.32 Å². The van der Waals surface area contributed by atoms with Gasteiger partial charge in [0.15, 0.2) is 5.11 Å². The van der Waals surface area contributed by atoms with Gasteiger partial charge in [0, 0.05) is 30.1 Å². The molecule has 9 heteroatoms. The van der Waals surface area contributed by atoms with E-state index in [1.165, 1.54) is 30.6 Å². The second kappa shape index (κ2) is 6.68. The average Bonchev–Trinajstić information content (AvgIpc) is 2.47. The predicted octanol–water partition coefficient (Wildman–Crippen LogP) is 1.82. The number of nitrogens with one attached hydrogen (secondary N) is 2. The molecule has 1 aromatic heterocycles. The summed E-state index contributed by atoms with van der Waals surface area (Å²) < 4.78 is 0. The van der Waals surface area contributed by atoms with Gasteiger partial charge in [-0.05, 0) is 36.8 Å². The number of benzene rings is 1. The normalized spacial score (nSPS) is 9.86. The van der Waals surface area contributed by atoms with Crippen LogP contribution >= 0.6 is 12.2 Å². The molecule has 0 radical (unpaired) electrons. The van der Waals surface area contributed by atoms with E-state index in [-0.39, 0.29) is 22.3 Å². The van der Waals surface area contributed by atoms with Gasteiger partial charge in [-0.2, -0.15) is 0 Å². The largest absolute Gasteiger partial charge is 0.301 e. The molecule has 1 aromatic carbocycles. The summed E-state index contributed by atoms with van der Waals surface area (Å²) in [5.74, 6) is -0.316. The van der Waals surface area contributed by atoms with E-state index < -0.39 is 10.8 Å². The lowest BCUT2D eigenvalue weighted by molar-refractivity contribution is -0.384. The van der Waals surface area contributed by atoms with E-state index in [1.807, 2.05) is 0 Å². The van der Waals surface area contributed by atoms with Crippen molar-refractivity contribution >= 4 is 34.9 Å². The van der Waals surface area contributed by atoms with Crippen LogP contribution in [0.3, 0.4) is 0 Å². The number of nitrogens with zero attached hydrogens (tertiary/aromatic N) is 3. The quantitative estimate of drug-likeness (QED) is 0.504. The van der Waals surface area contributed by atoms with Crippen LogP contribution in [0.15, 0.2) is 36.7 Å². The summed E-state index contributed by atoms with van der Waals surface area (Å²) in [4.78, 5) is 30.1. The van der Waals surface area contributed by atoms with Gasteiger partial charge in [-0.25, -0.2) is 9.97 Å². The number of hydrogen-bond donors (Lipinski definition) is 2. The van der Waals surface area contributed by atoms with Crippen LogP contribution in [-0.2, 0) is 0 Å². The summed E-state index contributed by atoms with van der Waals surface area (Å²) in [6.45, 7) is 1.66. The number of amides is 1. The number of carbonyl (C=O) groups is 1. The monoisotopic (exact) mass is 317 g/mol. The van der Waals surface area contributed by atoms with Crippen LogP contribution in [0.25, 0.3) is 0 Å². The lowest BCUT2D eigenvalue weighted by Gasteiger charge is -2.08. The lowest BCUT2D eigenvalue weighted by Crippen LogP contribution is -2.34. The fourth-order valence-corrected chi connectivity index (χ4v) is 1.86. The number of rotatable bonds is 3. The highest BCUT2D eigenvalue weighted by molar-refractivity contribution is 7.80. The minimum Gasteiger partial charge on any atom is -0.301 e. The second-order valence-electron chi connectivity index (χ2n) is 4.29. The number of aromatic nitrogens is 2. The van der Waals surface area contributed by atoms with Gasteiger partial charge in [-0.15, -0.1) is 0 Å². The Morgan fingerprint density at radius 3 is 2.59 bits per heavy atom. The number of non-ortho nitro benzene ring substituents is 1. The average molecular weight is 317 g/mol. The number of nitro groups is 1. The third-order valence-corrected chi connectivity index (χ3v) is 2.76. The first kappa shape index (κ1) is 15.4. The molecule has 1 amide bonds. The minimum absolute atomic E-state index is 0.000333. The van der Waals surface area contributed by atoms with Crippen molar-refractivity contribution in [2.24, 2.45) is 0 Å². The number of thiocarbonyl (C=S) groups is 1. The topological polar surface area (TPSA) is 110 Å². The molecular weight excluding hydrogens is 306 g/mol. The molecule has 2 N–H and O–H groups in total. The fraction of sp³-hybridized carbons (Fsp3) is 0.0769. The van der Waals surface area contributed by atoms with Crippen molar-refractivity contribution < 1.29 is 9.72 Å². The number of aryl methyl sites for hydroxylation is 1. The molecule has 2 rings (SSSR count). The van der Waals surface area contributed by atoms with Crippen molar-refractivity contribution in [3.05, 3.63) is 57.9 Å². The van der Waals surface area contributed by atoms with E-state index >= 15 is 0 Å². The first-order chi connectivity index (χ1) is 10.5. The third kappa shape index (κ3) is 4.03. The Hall–Kier alpha value is -2.94. The van der Waals surface area contributed by atoms with Crippen LogP contribution < -0.4 is 10.6 Å². The maximum Gasteiger partial charge on any atom is 0.270 e. The van der Waals surface area contributed by atoms with Crippen molar-refractivity contribution in [2.45, 2.75) is 6.92 Å². The number of nitro benzene ring substituents is 1. The molecular formula is C13H11N5O3S. The highest BCUT2D eigenvalue weighted by Gasteiger charge is 2.14. The van der Waals surface area contributed by atoms with Gasteiger partial charge in [-0.3, -0.25) is 20.2 Å². The molecule has 22 heavy (non-hydrogen) atoms. The Bertz CT molecular complexity index is 736. The molecule has 0 bridgehead atoms. The molecule has 1 heterocycles. The van der Waals surface area contributed by atoms with Gasteiger partial charge >= 0.3 is 0 Å². The van der Waals surface area contributed by atoms with Gasteiger partial charge in [0.25, 0.3) is 11.6 Å². The van der Waals surface area contributed by atoms with E-state index in [0.717, 1.165) is 0 Å². The van der Waals surface area contributed by atoms with Crippen LogP contribution in [0, 0.1) is 17.0 Å². The van der Waals surface area contributed by atoms with Crippen molar-refractivity contribution in [3.63, 3.8) is 0 Å². The predicted molar refractivity (Wildman–Crippen MR) is 83.6 cm³/mol. The molecule has 0 aliphatic carbocycles.